The van der Waals surface area contributed by atoms with E-state index in [1.807, 2.05) is 37.3 Å². The van der Waals surface area contributed by atoms with E-state index in [4.69, 9.17) is 9.15 Å². The van der Waals surface area contributed by atoms with Gasteiger partial charge >= 0.3 is 0 Å². The van der Waals surface area contributed by atoms with Gasteiger partial charge < -0.3 is 14.5 Å². The van der Waals surface area contributed by atoms with E-state index >= 15 is 0 Å². The Morgan fingerprint density at radius 1 is 1.27 bits per heavy atom. The van der Waals surface area contributed by atoms with Gasteiger partial charge in [-0.2, -0.15) is 0 Å². The number of hydrogen-bond donors (Lipinski definition) is 1. The van der Waals surface area contributed by atoms with Crippen LogP contribution in [0.4, 0.5) is 5.69 Å². The van der Waals surface area contributed by atoms with Gasteiger partial charge in [0.2, 0.25) is 0 Å². The molecule has 1 heterocycles. The number of nitro groups is 1. The highest BCUT2D eigenvalue weighted by atomic mass is 16.6. The van der Waals surface area contributed by atoms with Crippen molar-refractivity contribution in [3.8, 4) is 5.75 Å². The maximum Gasteiger partial charge on any atom is 0.272 e. The zero-order valence-corrected chi connectivity index (χ0v) is 14.4. The highest BCUT2D eigenvalue weighted by Gasteiger charge is 2.15. The van der Waals surface area contributed by atoms with Gasteiger partial charge in [-0.25, -0.2) is 0 Å². The number of carbonyl (C=O) groups is 1. The Kier molecular flexibility index (Phi) is 4.88. The van der Waals surface area contributed by atoms with Gasteiger partial charge in [-0.1, -0.05) is 18.2 Å². The fourth-order valence-electron chi connectivity index (χ4n) is 2.64. The van der Waals surface area contributed by atoms with Crippen LogP contribution in [0.3, 0.4) is 0 Å². The van der Waals surface area contributed by atoms with Gasteiger partial charge in [-0.15, -0.1) is 0 Å². The van der Waals surface area contributed by atoms with E-state index in [2.05, 4.69) is 5.32 Å². The van der Waals surface area contributed by atoms with Crippen LogP contribution in [0.1, 0.15) is 24.3 Å². The minimum absolute atomic E-state index is 0.0142. The summed E-state index contributed by atoms with van der Waals surface area (Å²) in [6, 6.07) is 13.6. The summed E-state index contributed by atoms with van der Waals surface area (Å²) in [6.45, 7) is 3.25. The maximum absolute atomic E-state index is 12.1. The van der Waals surface area contributed by atoms with Gasteiger partial charge in [0.15, 0.2) is 6.61 Å². The zero-order chi connectivity index (χ0) is 18.7. The first-order valence-corrected chi connectivity index (χ1v) is 8.09. The summed E-state index contributed by atoms with van der Waals surface area (Å²) >= 11 is 0. The second-order valence-corrected chi connectivity index (χ2v) is 5.97. The van der Waals surface area contributed by atoms with E-state index < -0.39 is 4.92 Å². The van der Waals surface area contributed by atoms with Crippen LogP contribution < -0.4 is 10.1 Å². The maximum atomic E-state index is 12.1. The molecule has 7 heteroatoms. The monoisotopic (exact) mass is 354 g/mol. The van der Waals surface area contributed by atoms with Crippen LogP contribution >= 0.6 is 0 Å². The van der Waals surface area contributed by atoms with Gasteiger partial charge in [0, 0.05) is 17.0 Å². The number of amides is 1. The third-order valence-corrected chi connectivity index (χ3v) is 3.98. The second-order valence-electron chi connectivity index (χ2n) is 5.97. The Hall–Kier alpha value is -3.35. The van der Waals surface area contributed by atoms with Crippen LogP contribution in [-0.4, -0.2) is 17.4 Å². The predicted molar refractivity (Wildman–Crippen MR) is 96.1 cm³/mol. The van der Waals surface area contributed by atoms with Crippen molar-refractivity contribution in [2.24, 2.45) is 0 Å². The van der Waals surface area contributed by atoms with Crippen molar-refractivity contribution in [1.29, 1.82) is 0 Å². The number of benzene rings is 2. The molecule has 0 bridgehead atoms. The molecular weight excluding hydrogens is 336 g/mol. The van der Waals surface area contributed by atoms with Crippen LogP contribution in [0.15, 0.2) is 52.9 Å². The Morgan fingerprint density at radius 2 is 2.04 bits per heavy atom. The van der Waals surface area contributed by atoms with Crippen molar-refractivity contribution < 1.29 is 18.9 Å². The van der Waals surface area contributed by atoms with Gasteiger partial charge in [0.25, 0.3) is 11.6 Å². The van der Waals surface area contributed by atoms with E-state index in [-0.39, 0.29) is 24.2 Å². The fraction of sp³-hybridized carbons (Fsp3) is 0.211. The molecule has 0 aliphatic rings. The molecule has 3 rings (SSSR count). The van der Waals surface area contributed by atoms with Crippen LogP contribution in [0.2, 0.25) is 0 Å². The van der Waals surface area contributed by atoms with Crippen molar-refractivity contribution >= 4 is 22.6 Å². The zero-order valence-electron chi connectivity index (χ0n) is 14.4. The lowest BCUT2D eigenvalue weighted by atomic mass is 10.2. The Balaban J connectivity index is 1.58. The highest BCUT2D eigenvalue weighted by molar-refractivity contribution is 5.79. The van der Waals surface area contributed by atoms with E-state index in [0.717, 1.165) is 11.0 Å². The molecule has 134 valence electrons. The van der Waals surface area contributed by atoms with Crippen LogP contribution in [-0.2, 0) is 4.79 Å². The van der Waals surface area contributed by atoms with Crippen molar-refractivity contribution in [3.63, 3.8) is 0 Å². The average molecular weight is 354 g/mol. The van der Waals surface area contributed by atoms with Crippen molar-refractivity contribution in [2.75, 3.05) is 6.61 Å². The van der Waals surface area contributed by atoms with Crippen LogP contribution in [0.5, 0.6) is 5.75 Å². The average Bonchev–Trinajstić information content (AvgIpc) is 3.04. The van der Waals surface area contributed by atoms with E-state index in [0.29, 0.717) is 17.1 Å². The summed E-state index contributed by atoms with van der Waals surface area (Å²) in [5, 5.41) is 14.6. The summed E-state index contributed by atoms with van der Waals surface area (Å²) < 4.78 is 11.1. The number of nitrogens with zero attached hydrogens (tertiary/aromatic N) is 1. The number of furan rings is 1. The Morgan fingerprint density at radius 3 is 2.73 bits per heavy atom. The van der Waals surface area contributed by atoms with E-state index in [1.54, 1.807) is 6.92 Å². The number of para-hydroxylation sites is 1. The number of aryl methyl sites for hydroxylation is 1. The second kappa shape index (κ2) is 7.26. The van der Waals surface area contributed by atoms with Crippen molar-refractivity contribution in [2.45, 2.75) is 19.9 Å². The molecule has 1 aromatic heterocycles. The minimum atomic E-state index is -0.458. The molecule has 26 heavy (non-hydrogen) atoms. The minimum Gasteiger partial charge on any atom is -0.484 e. The number of nitro benzene ring substituents is 1. The first kappa shape index (κ1) is 17.5. The Labute approximate surface area is 149 Å². The summed E-state index contributed by atoms with van der Waals surface area (Å²) in [5.41, 5.74) is 1.25. The van der Waals surface area contributed by atoms with Gasteiger partial charge in [-0.3, -0.25) is 14.9 Å². The van der Waals surface area contributed by atoms with Gasteiger partial charge in [0.05, 0.1) is 11.0 Å². The topological polar surface area (TPSA) is 94.6 Å². The Bertz CT molecular complexity index is 930. The molecule has 1 amide bonds. The standard InChI is InChI=1S/C19H18N2O5/c1-12-9-15(7-8-16(12)21(23)24)25-11-19(22)20-13(2)18-10-14-5-3-4-6-17(14)26-18/h3-10,13H,11H2,1-2H3,(H,20,22)/t13-/m1/s1. The fourth-order valence-corrected chi connectivity index (χ4v) is 2.64. The molecule has 1 N–H and O–H groups in total. The normalized spacial score (nSPS) is 11.9. The molecule has 0 aliphatic carbocycles. The van der Waals surface area contributed by atoms with Crippen molar-refractivity contribution in [3.05, 3.63) is 70.0 Å². The van der Waals surface area contributed by atoms with Crippen LogP contribution in [0.25, 0.3) is 11.0 Å². The lowest BCUT2D eigenvalue weighted by molar-refractivity contribution is -0.385. The van der Waals surface area contributed by atoms with Gasteiger partial charge in [0.1, 0.15) is 17.1 Å². The highest BCUT2D eigenvalue weighted by Crippen LogP contribution is 2.24. The summed E-state index contributed by atoms with van der Waals surface area (Å²) in [4.78, 5) is 22.4. The lowest BCUT2D eigenvalue weighted by Gasteiger charge is -2.12. The molecule has 7 nitrogen and oxygen atoms in total. The molecule has 0 spiro atoms. The smallest absolute Gasteiger partial charge is 0.272 e. The summed E-state index contributed by atoms with van der Waals surface area (Å²) in [6.07, 6.45) is 0. The number of rotatable bonds is 6. The van der Waals surface area contributed by atoms with E-state index in [9.17, 15) is 14.9 Å². The first-order valence-electron chi connectivity index (χ1n) is 8.09. The number of fused-ring (bicyclic) bond motifs is 1. The molecular formula is C19H18N2O5. The van der Waals surface area contributed by atoms with Crippen LogP contribution in [0, 0.1) is 17.0 Å². The summed E-state index contributed by atoms with van der Waals surface area (Å²) in [7, 11) is 0. The lowest BCUT2D eigenvalue weighted by Crippen LogP contribution is -2.31. The molecule has 0 aliphatic heterocycles. The van der Waals surface area contributed by atoms with Crippen molar-refractivity contribution in [1.82, 2.24) is 5.32 Å². The molecule has 2 aromatic carbocycles. The summed E-state index contributed by atoms with van der Waals surface area (Å²) in [5.74, 6) is 0.749. The molecule has 0 unspecified atom stereocenters. The molecule has 3 aromatic rings. The molecule has 0 saturated heterocycles. The third-order valence-electron chi connectivity index (χ3n) is 3.98. The van der Waals surface area contributed by atoms with E-state index in [1.165, 1.54) is 18.2 Å². The number of carbonyl (C=O) groups excluding carboxylic acids is 1. The SMILES string of the molecule is Cc1cc(OCC(=O)N[C@H](C)c2cc3ccccc3o2)ccc1[N+](=O)[O-]. The number of ether oxygens (including phenoxy) is 1. The third kappa shape index (κ3) is 3.83. The first-order chi connectivity index (χ1) is 12.4. The largest absolute Gasteiger partial charge is 0.484 e. The molecule has 1 atom stereocenters. The number of nitrogens with one attached hydrogen (secondary N) is 1. The molecule has 0 radical (unpaired) electrons. The molecule has 0 fully saturated rings. The van der Waals surface area contributed by atoms with Gasteiger partial charge in [-0.05, 0) is 38.1 Å². The quantitative estimate of drug-likeness (QED) is 0.535. The molecule has 0 saturated carbocycles. The predicted octanol–water partition coefficient (Wildman–Crippen LogP) is 3.91. The number of hydrogen-bond acceptors (Lipinski definition) is 5.